The van der Waals surface area contributed by atoms with Crippen LogP contribution in [0.25, 0.3) is 0 Å². The van der Waals surface area contributed by atoms with Crippen LogP contribution in [0.15, 0.2) is 35.4 Å². The SMILES string of the molecule is C[C@@H]1OCCN(C(=O)C2=NN(c3ccccc3)C(=O)CC2)[C@@H]1C(F)(F)F. The number of halogens is 3. The molecule has 0 unspecified atom stereocenters. The van der Waals surface area contributed by atoms with E-state index in [4.69, 9.17) is 4.74 Å². The average molecular weight is 369 g/mol. The largest absolute Gasteiger partial charge is 0.411 e. The van der Waals surface area contributed by atoms with Gasteiger partial charge in [-0.05, 0) is 19.1 Å². The summed E-state index contributed by atoms with van der Waals surface area (Å²) >= 11 is 0. The van der Waals surface area contributed by atoms with Gasteiger partial charge >= 0.3 is 6.18 Å². The number of carbonyl (C=O) groups excluding carboxylic acids is 2. The van der Waals surface area contributed by atoms with Crippen LogP contribution in [0.2, 0.25) is 0 Å². The van der Waals surface area contributed by atoms with Gasteiger partial charge in [0.15, 0.2) is 6.04 Å². The lowest BCUT2D eigenvalue weighted by Gasteiger charge is -2.41. The van der Waals surface area contributed by atoms with Crippen LogP contribution in [0.5, 0.6) is 0 Å². The number of para-hydroxylation sites is 1. The Morgan fingerprint density at radius 2 is 1.92 bits per heavy atom. The number of rotatable bonds is 2. The molecule has 0 bridgehead atoms. The summed E-state index contributed by atoms with van der Waals surface area (Å²) in [6, 6.07) is 6.43. The quantitative estimate of drug-likeness (QED) is 0.804. The molecule has 6 nitrogen and oxygen atoms in total. The van der Waals surface area contributed by atoms with Gasteiger partial charge in [0.1, 0.15) is 5.71 Å². The van der Waals surface area contributed by atoms with E-state index in [-0.39, 0.29) is 37.6 Å². The first-order valence-electron chi connectivity index (χ1n) is 8.24. The lowest BCUT2D eigenvalue weighted by molar-refractivity contribution is -0.227. The molecule has 3 rings (SSSR count). The van der Waals surface area contributed by atoms with Crippen molar-refractivity contribution >= 4 is 23.2 Å². The van der Waals surface area contributed by atoms with Crippen molar-refractivity contribution in [2.75, 3.05) is 18.2 Å². The van der Waals surface area contributed by atoms with E-state index in [9.17, 15) is 22.8 Å². The molecule has 0 N–H and O–H groups in total. The molecule has 0 aromatic heterocycles. The average Bonchev–Trinajstić information content (AvgIpc) is 2.61. The molecule has 0 spiro atoms. The van der Waals surface area contributed by atoms with Gasteiger partial charge in [-0.3, -0.25) is 9.59 Å². The predicted octanol–water partition coefficient (Wildman–Crippen LogP) is 2.35. The number of hydrogen-bond donors (Lipinski definition) is 0. The second kappa shape index (κ2) is 7.06. The molecular formula is C17H18F3N3O3. The summed E-state index contributed by atoms with van der Waals surface area (Å²) in [5, 5.41) is 5.12. The fraction of sp³-hybridized carbons (Fsp3) is 0.471. The highest BCUT2D eigenvalue weighted by molar-refractivity contribution is 6.40. The molecule has 2 atom stereocenters. The minimum atomic E-state index is -4.61. The third-order valence-electron chi connectivity index (χ3n) is 4.37. The summed E-state index contributed by atoms with van der Waals surface area (Å²) in [6.07, 6.45) is -5.75. The summed E-state index contributed by atoms with van der Waals surface area (Å²) in [6.45, 7) is 1.14. The van der Waals surface area contributed by atoms with Crippen LogP contribution in [0.3, 0.4) is 0 Å². The van der Waals surface area contributed by atoms with E-state index in [0.29, 0.717) is 5.69 Å². The molecule has 2 amide bonds. The van der Waals surface area contributed by atoms with Crippen LogP contribution in [-0.2, 0) is 14.3 Å². The number of amides is 2. The number of benzene rings is 1. The maximum Gasteiger partial charge on any atom is 0.411 e. The summed E-state index contributed by atoms with van der Waals surface area (Å²) in [7, 11) is 0. The third-order valence-corrected chi connectivity index (χ3v) is 4.37. The first-order chi connectivity index (χ1) is 12.3. The molecule has 2 heterocycles. The number of alkyl halides is 3. The summed E-state index contributed by atoms with van der Waals surface area (Å²) in [5.41, 5.74) is 0.405. The van der Waals surface area contributed by atoms with Gasteiger partial charge in [0, 0.05) is 19.4 Å². The van der Waals surface area contributed by atoms with Gasteiger partial charge in [-0.1, -0.05) is 18.2 Å². The Bertz CT molecular complexity index is 721. The fourth-order valence-electron chi connectivity index (χ4n) is 3.14. The maximum absolute atomic E-state index is 13.4. The van der Waals surface area contributed by atoms with Crippen LogP contribution in [0.4, 0.5) is 18.9 Å². The number of ether oxygens (including phenoxy) is 1. The van der Waals surface area contributed by atoms with Crippen LogP contribution in [-0.4, -0.2) is 53.9 Å². The Hall–Kier alpha value is -2.42. The van der Waals surface area contributed by atoms with Crippen molar-refractivity contribution in [1.82, 2.24) is 4.90 Å². The number of morpholine rings is 1. The maximum atomic E-state index is 13.4. The van der Waals surface area contributed by atoms with Gasteiger partial charge in [-0.2, -0.15) is 18.3 Å². The standard InChI is InChI=1S/C17H18F3N3O3/c1-11-15(17(18,19)20)22(9-10-26-11)16(25)13-7-8-14(24)23(21-13)12-5-3-2-4-6-12/h2-6,11,15H,7-10H2,1H3/t11-,15-/m0/s1. The minimum absolute atomic E-state index is 0.00997. The zero-order valence-electron chi connectivity index (χ0n) is 14.1. The van der Waals surface area contributed by atoms with Crippen molar-refractivity contribution in [2.24, 2.45) is 5.10 Å². The molecule has 140 valence electrons. The van der Waals surface area contributed by atoms with E-state index in [1.54, 1.807) is 30.3 Å². The van der Waals surface area contributed by atoms with Crippen LogP contribution in [0, 0.1) is 0 Å². The number of anilines is 1. The topological polar surface area (TPSA) is 62.2 Å². The summed E-state index contributed by atoms with van der Waals surface area (Å²) in [4.78, 5) is 25.6. The smallest absolute Gasteiger partial charge is 0.374 e. The lowest BCUT2D eigenvalue weighted by atomic mass is 10.0. The van der Waals surface area contributed by atoms with E-state index in [1.165, 1.54) is 6.92 Å². The number of hydrogen-bond acceptors (Lipinski definition) is 4. The second-order valence-electron chi connectivity index (χ2n) is 6.15. The van der Waals surface area contributed by atoms with Crippen molar-refractivity contribution in [3.05, 3.63) is 30.3 Å². The fourth-order valence-corrected chi connectivity index (χ4v) is 3.14. The molecule has 2 aliphatic heterocycles. The van der Waals surface area contributed by atoms with Crippen molar-refractivity contribution in [3.8, 4) is 0 Å². The Morgan fingerprint density at radius 1 is 1.23 bits per heavy atom. The van der Waals surface area contributed by atoms with E-state index in [1.807, 2.05) is 0 Å². The normalized spacial score (nSPS) is 24.5. The van der Waals surface area contributed by atoms with E-state index >= 15 is 0 Å². The van der Waals surface area contributed by atoms with E-state index < -0.39 is 24.2 Å². The molecule has 2 aliphatic rings. The summed E-state index contributed by atoms with van der Waals surface area (Å²) in [5.74, 6) is -1.12. The first kappa shape index (κ1) is 18.4. The molecule has 0 aliphatic carbocycles. The third kappa shape index (κ3) is 3.57. The van der Waals surface area contributed by atoms with Gasteiger partial charge in [0.05, 0.1) is 18.4 Å². The highest BCUT2D eigenvalue weighted by Crippen LogP contribution is 2.31. The van der Waals surface area contributed by atoms with Crippen LogP contribution >= 0.6 is 0 Å². The Labute approximate surface area is 148 Å². The van der Waals surface area contributed by atoms with Crippen molar-refractivity contribution in [3.63, 3.8) is 0 Å². The predicted molar refractivity (Wildman–Crippen MR) is 87.6 cm³/mol. The van der Waals surface area contributed by atoms with Gasteiger partial charge in [0.25, 0.3) is 5.91 Å². The van der Waals surface area contributed by atoms with Crippen LogP contribution < -0.4 is 5.01 Å². The number of nitrogens with zero attached hydrogens (tertiary/aromatic N) is 3. The Kier molecular flexibility index (Phi) is 4.99. The van der Waals surface area contributed by atoms with E-state index in [0.717, 1.165) is 9.91 Å². The lowest BCUT2D eigenvalue weighted by Crippen LogP contribution is -2.61. The van der Waals surface area contributed by atoms with Gasteiger partial charge in [-0.25, -0.2) is 5.01 Å². The monoisotopic (exact) mass is 369 g/mol. The molecule has 0 radical (unpaired) electrons. The molecule has 1 saturated heterocycles. The zero-order chi connectivity index (χ0) is 18.9. The van der Waals surface area contributed by atoms with E-state index in [2.05, 4.69) is 5.10 Å². The summed E-state index contributed by atoms with van der Waals surface area (Å²) < 4.78 is 45.3. The Morgan fingerprint density at radius 3 is 2.58 bits per heavy atom. The highest BCUT2D eigenvalue weighted by atomic mass is 19.4. The van der Waals surface area contributed by atoms with Crippen molar-refractivity contribution in [2.45, 2.75) is 38.1 Å². The van der Waals surface area contributed by atoms with Crippen molar-refractivity contribution < 1.29 is 27.5 Å². The zero-order valence-corrected chi connectivity index (χ0v) is 14.1. The van der Waals surface area contributed by atoms with Gasteiger partial charge < -0.3 is 9.64 Å². The Balaban J connectivity index is 1.89. The minimum Gasteiger partial charge on any atom is -0.374 e. The molecule has 1 aromatic carbocycles. The first-order valence-corrected chi connectivity index (χ1v) is 8.24. The number of hydrazone groups is 1. The number of carbonyl (C=O) groups is 2. The highest BCUT2D eigenvalue weighted by Gasteiger charge is 2.51. The van der Waals surface area contributed by atoms with Gasteiger partial charge in [0.2, 0.25) is 5.91 Å². The molecule has 1 fully saturated rings. The molecule has 1 aromatic rings. The molecule has 0 saturated carbocycles. The van der Waals surface area contributed by atoms with Crippen LogP contribution in [0.1, 0.15) is 19.8 Å². The molecule has 26 heavy (non-hydrogen) atoms. The van der Waals surface area contributed by atoms with Gasteiger partial charge in [-0.15, -0.1) is 0 Å². The molecular weight excluding hydrogens is 351 g/mol. The second-order valence-corrected chi connectivity index (χ2v) is 6.15. The van der Waals surface area contributed by atoms with Crippen molar-refractivity contribution in [1.29, 1.82) is 0 Å². The molecule has 9 heteroatoms.